The molecule has 12 heavy (non-hydrogen) atoms. The number of ether oxygens (including phenoxy) is 1. The summed E-state index contributed by atoms with van der Waals surface area (Å²) >= 11 is 11.1. The van der Waals surface area contributed by atoms with Gasteiger partial charge in [-0.05, 0) is 18.2 Å². The predicted octanol–water partition coefficient (Wildman–Crippen LogP) is 3.25. The van der Waals surface area contributed by atoms with E-state index in [1.54, 1.807) is 0 Å². The molecule has 0 radical (unpaired) electrons. The molecule has 0 heterocycles. The first kappa shape index (κ1) is 10.0. The van der Waals surface area contributed by atoms with E-state index < -0.39 is 12.4 Å². The Hall–Kier alpha value is -0.0400. The molecule has 0 aliphatic carbocycles. The van der Waals surface area contributed by atoms with Crippen LogP contribution in [-0.4, -0.2) is 7.11 Å². The molecule has 0 spiro atoms. The van der Waals surface area contributed by atoms with Gasteiger partial charge in [0.05, 0.1) is 7.11 Å². The Bertz CT molecular complexity index is 280. The quantitative estimate of drug-likeness (QED) is 0.704. The Labute approximate surface area is 80.8 Å². The molecule has 5 heteroatoms. The molecule has 1 nitrogen and oxygen atoms in total. The minimum absolute atomic E-state index is 0.299. The molecule has 0 bridgehead atoms. The fourth-order valence-corrected chi connectivity index (χ4v) is 1.99. The highest BCUT2D eigenvalue weighted by Gasteiger charge is 2.10. The maximum absolute atomic E-state index is 12.9. The minimum atomic E-state index is -1.45. The second-order valence-electron chi connectivity index (χ2n) is 2.05. The van der Waals surface area contributed by atoms with Crippen molar-refractivity contribution in [2.75, 3.05) is 7.11 Å². The van der Waals surface area contributed by atoms with Crippen LogP contribution in [0, 0.1) is 5.82 Å². The van der Waals surface area contributed by atoms with Gasteiger partial charge in [0, 0.05) is 5.30 Å². The lowest BCUT2D eigenvalue weighted by Crippen LogP contribution is -2.02. The van der Waals surface area contributed by atoms with Crippen molar-refractivity contribution in [1.82, 2.24) is 0 Å². The number of benzene rings is 1. The van der Waals surface area contributed by atoms with Crippen LogP contribution >= 0.6 is 29.1 Å². The van der Waals surface area contributed by atoms with Gasteiger partial charge in [-0.1, -0.05) is 22.5 Å². The van der Waals surface area contributed by atoms with E-state index in [2.05, 4.69) is 0 Å². The monoisotopic (exact) mass is 226 g/mol. The predicted molar refractivity (Wildman–Crippen MR) is 51.2 cm³/mol. The zero-order valence-electron chi connectivity index (χ0n) is 6.22. The summed E-state index contributed by atoms with van der Waals surface area (Å²) in [7, 11) is 1.50. The topological polar surface area (TPSA) is 9.23 Å². The molecule has 66 valence electrons. The number of methoxy groups -OCH3 is 1. The van der Waals surface area contributed by atoms with Crippen LogP contribution in [0.15, 0.2) is 18.2 Å². The van der Waals surface area contributed by atoms with Crippen molar-refractivity contribution in [2.45, 2.75) is 0 Å². The second kappa shape index (κ2) is 4.27. The molecule has 0 aromatic heterocycles. The molecule has 0 amide bonds. The van der Waals surface area contributed by atoms with Crippen molar-refractivity contribution in [3.63, 3.8) is 0 Å². The molecule has 0 aliphatic heterocycles. The lowest BCUT2D eigenvalue weighted by Gasteiger charge is -2.05. The molecule has 0 N–H and O–H groups in total. The average Bonchev–Trinajstić information content (AvgIpc) is 2.05. The van der Waals surface area contributed by atoms with Crippen LogP contribution < -0.4 is 10.0 Å². The molecule has 0 aliphatic rings. The molecule has 0 saturated carbocycles. The summed E-state index contributed by atoms with van der Waals surface area (Å²) in [4.78, 5) is 0. The SMILES string of the molecule is COc1ccc(F)c(P(Cl)Cl)c1. The Morgan fingerprint density at radius 2 is 2.08 bits per heavy atom. The lowest BCUT2D eigenvalue weighted by molar-refractivity contribution is 0.414. The molecular weight excluding hydrogens is 221 g/mol. The van der Waals surface area contributed by atoms with E-state index in [1.807, 2.05) is 0 Å². The van der Waals surface area contributed by atoms with Crippen LogP contribution in [-0.2, 0) is 0 Å². The largest absolute Gasteiger partial charge is 0.497 e. The van der Waals surface area contributed by atoms with E-state index in [9.17, 15) is 4.39 Å². The van der Waals surface area contributed by atoms with Gasteiger partial charge in [-0.15, -0.1) is 0 Å². The van der Waals surface area contributed by atoms with E-state index in [1.165, 1.54) is 25.3 Å². The van der Waals surface area contributed by atoms with Gasteiger partial charge in [0.25, 0.3) is 0 Å². The molecule has 0 unspecified atom stereocenters. The first-order chi connectivity index (χ1) is 5.65. The molecule has 0 fully saturated rings. The van der Waals surface area contributed by atoms with E-state index in [4.69, 9.17) is 27.2 Å². The van der Waals surface area contributed by atoms with Gasteiger partial charge in [-0.2, -0.15) is 0 Å². The molecule has 1 aromatic rings. The number of hydrogen-bond acceptors (Lipinski definition) is 1. The van der Waals surface area contributed by atoms with Gasteiger partial charge >= 0.3 is 0 Å². The van der Waals surface area contributed by atoms with Crippen molar-refractivity contribution >= 4 is 34.4 Å². The fourth-order valence-electron chi connectivity index (χ4n) is 0.749. The second-order valence-corrected chi connectivity index (χ2v) is 5.55. The van der Waals surface area contributed by atoms with E-state index in [0.29, 0.717) is 11.1 Å². The zero-order chi connectivity index (χ0) is 9.14. The third-order valence-electron chi connectivity index (χ3n) is 1.34. The van der Waals surface area contributed by atoms with Crippen molar-refractivity contribution < 1.29 is 9.13 Å². The molecule has 0 saturated heterocycles. The Kier molecular flexibility index (Phi) is 3.57. The van der Waals surface area contributed by atoms with E-state index >= 15 is 0 Å². The summed E-state index contributed by atoms with van der Waals surface area (Å²) in [6.07, 6.45) is 0. The lowest BCUT2D eigenvalue weighted by atomic mass is 10.3. The van der Waals surface area contributed by atoms with Crippen molar-refractivity contribution in [3.8, 4) is 5.75 Å². The Morgan fingerprint density at radius 3 is 2.58 bits per heavy atom. The summed E-state index contributed by atoms with van der Waals surface area (Å²) in [6, 6.07) is 4.31. The number of halogens is 3. The number of hydrogen-bond donors (Lipinski definition) is 0. The van der Waals surface area contributed by atoms with Crippen molar-refractivity contribution in [3.05, 3.63) is 24.0 Å². The van der Waals surface area contributed by atoms with Crippen LogP contribution in [0.3, 0.4) is 0 Å². The van der Waals surface area contributed by atoms with E-state index in [0.717, 1.165) is 0 Å². The van der Waals surface area contributed by atoms with Crippen molar-refractivity contribution in [2.24, 2.45) is 0 Å². The molecule has 1 rings (SSSR count). The van der Waals surface area contributed by atoms with Gasteiger partial charge in [0.15, 0.2) is 0 Å². The number of rotatable bonds is 2. The average molecular weight is 227 g/mol. The summed E-state index contributed by atoms with van der Waals surface area (Å²) in [5.41, 5.74) is 0. The van der Waals surface area contributed by atoms with Crippen molar-refractivity contribution in [1.29, 1.82) is 0 Å². The highest BCUT2D eigenvalue weighted by atomic mass is 35.9. The van der Waals surface area contributed by atoms with E-state index in [-0.39, 0.29) is 0 Å². The maximum Gasteiger partial charge on any atom is 0.133 e. The van der Waals surface area contributed by atoms with Gasteiger partial charge in [-0.3, -0.25) is 0 Å². The first-order valence-corrected chi connectivity index (χ1v) is 6.25. The highest BCUT2D eigenvalue weighted by Crippen LogP contribution is 2.46. The van der Waals surface area contributed by atoms with Crippen LogP contribution in [0.4, 0.5) is 4.39 Å². The summed E-state index contributed by atoms with van der Waals surface area (Å²) in [5, 5.41) is 0.299. The van der Waals surface area contributed by atoms with Gasteiger partial charge in [0.2, 0.25) is 0 Å². The zero-order valence-corrected chi connectivity index (χ0v) is 8.63. The minimum Gasteiger partial charge on any atom is -0.497 e. The first-order valence-electron chi connectivity index (χ1n) is 3.10. The summed E-state index contributed by atoms with van der Waals surface area (Å²) < 4.78 is 17.8. The molecule has 0 atom stereocenters. The third-order valence-corrected chi connectivity index (χ3v) is 3.13. The van der Waals surface area contributed by atoms with Gasteiger partial charge in [-0.25, -0.2) is 4.39 Å². The summed E-state index contributed by atoms with van der Waals surface area (Å²) in [6.45, 7) is -1.45. The summed E-state index contributed by atoms with van der Waals surface area (Å²) in [5.74, 6) is 0.159. The smallest absolute Gasteiger partial charge is 0.133 e. The highest BCUT2D eigenvalue weighted by molar-refractivity contribution is 8.08. The van der Waals surface area contributed by atoms with Gasteiger partial charge < -0.3 is 4.74 Å². The van der Waals surface area contributed by atoms with Crippen LogP contribution in [0.25, 0.3) is 0 Å². The normalized spacial score (nSPS) is 10.4. The third kappa shape index (κ3) is 2.22. The Morgan fingerprint density at radius 1 is 1.42 bits per heavy atom. The molecular formula is C7H6Cl2FOP. The van der Waals surface area contributed by atoms with Crippen LogP contribution in [0.2, 0.25) is 0 Å². The standard InChI is InChI=1S/C7H6Cl2FOP/c1-11-5-2-3-6(10)7(4-5)12(8)9/h2-4H,1H3. The van der Waals surface area contributed by atoms with Crippen LogP contribution in [0.5, 0.6) is 5.75 Å². The maximum atomic E-state index is 12.9. The van der Waals surface area contributed by atoms with Gasteiger partial charge in [0.1, 0.15) is 18.2 Å². The van der Waals surface area contributed by atoms with Crippen LogP contribution in [0.1, 0.15) is 0 Å². The molecule has 1 aromatic carbocycles. The fraction of sp³-hybridized carbons (Fsp3) is 0.143. The Balaban J connectivity index is 3.08.